The molecule has 0 aliphatic heterocycles. The predicted molar refractivity (Wildman–Crippen MR) is 109 cm³/mol. The Hall–Kier alpha value is -2.47. The minimum absolute atomic E-state index is 0.755. The molecule has 0 amide bonds. The van der Waals surface area contributed by atoms with E-state index < -0.39 is 0 Å². The van der Waals surface area contributed by atoms with Crippen LogP contribution in [0.25, 0.3) is 11.4 Å². The fourth-order valence-electron chi connectivity index (χ4n) is 2.64. The first-order valence-corrected chi connectivity index (χ1v) is 10.1. The van der Waals surface area contributed by atoms with Crippen LogP contribution in [0.3, 0.4) is 0 Å². The second-order valence-electron chi connectivity index (χ2n) is 6.23. The van der Waals surface area contributed by atoms with Crippen LogP contribution in [-0.2, 0) is 12.8 Å². The second-order valence-corrected chi connectivity index (χ2v) is 7.17. The highest BCUT2D eigenvalue weighted by Crippen LogP contribution is 2.27. The number of hydrogen-bond donors (Lipinski definition) is 0. The summed E-state index contributed by atoms with van der Waals surface area (Å²) >= 11 is 1.66. The van der Waals surface area contributed by atoms with Crippen molar-refractivity contribution in [3.63, 3.8) is 0 Å². The van der Waals surface area contributed by atoms with Gasteiger partial charge in [0.05, 0.1) is 13.7 Å². The van der Waals surface area contributed by atoms with Gasteiger partial charge in [-0.1, -0.05) is 37.2 Å². The molecule has 5 nitrogen and oxygen atoms in total. The van der Waals surface area contributed by atoms with Crippen LogP contribution in [0.15, 0.2) is 53.7 Å². The number of hydrogen-bond acceptors (Lipinski definition) is 5. The smallest absolute Gasteiger partial charge is 0.191 e. The molecule has 0 radical (unpaired) electrons. The molecule has 0 spiro atoms. The summed E-state index contributed by atoms with van der Waals surface area (Å²) in [6, 6.07) is 16.1. The van der Waals surface area contributed by atoms with Crippen LogP contribution in [0, 0.1) is 0 Å². The SMILES string of the molecule is CCCCOc1ccc(-c2nnc(SCc3cccc(OC)c3)n2C)cc1. The van der Waals surface area contributed by atoms with Crippen molar-refractivity contribution in [2.45, 2.75) is 30.7 Å². The molecule has 0 fully saturated rings. The molecule has 0 aliphatic rings. The van der Waals surface area contributed by atoms with Crippen molar-refractivity contribution < 1.29 is 9.47 Å². The Labute approximate surface area is 164 Å². The number of aromatic nitrogens is 3. The molecule has 142 valence electrons. The number of methoxy groups -OCH3 is 1. The lowest BCUT2D eigenvalue weighted by Crippen LogP contribution is -1.97. The largest absolute Gasteiger partial charge is 0.497 e. The van der Waals surface area contributed by atoms with E-state index in [1.165, 1.54) is 5.56 Å². The number of nitrogens with zero attached hydrogens (tertiary/aromatic N) is 3. The minimum atomic E-state index is 0.755. The summed E-state index contributed by atoms with van der Waals surface area (Å²) in [6.07, 6.45) is 2.20. The summed E-state index contributed by atoms with van der Waals surface area (Å²) in [7, 11) is 3.68. The van der Waals surface area contributed by atoms with E-state index in [2.05, 4.69) is 23.2 Å². The van der Waals surface area contributed by atoms with Crippen molar-refractivity contribution in [3.05, 3.63) is 54.1 Å². The molecule has 0 unspecified atom stereocenters. The molecule has 0 saturated heterocycles. The molecule has 1 heterocycles. The van der Waals surface area contributed by atoms with Gasteiger partial charge in [0.2, 0.25) is 0 Å². The predicted octanol–water partition coefficient (Wildman–Crippen LogP) is 4.96. The van der Waals surface area contributed by atoms with Crippen LogP contribution in [0.4, 0.5) is 0 Å². The first kappa shape index (κ1) is 19.3. The number of unbranched alkanes of at least 4 members (excludes halogenated alkanes) is 1. The van der Waals surface area contributed by atoms with Crippen molar-refractivity contribution in [3.8, 4) is 22.9 Å². The zero-order chi connectivity index (χ0) is 19.1. The van der Waals surface area contributed by atoms with Crippen LogP contribution >= 0.6 is 11.8 Å². The van der Waals surface area contributed by atoms with Crippen LogP contribution in [0.2, 0.25) is 0 Å². The van der Waals surface area contributed by atoms with E-state index in [-0.39, 0.29) is 0 Å². The average Bonchev–Trinajstić information content (AvgIpc) is 3.08. The molecule has 27 heavy (non-hydrogen) atoms. The minimum Gasteiger partial charge on any atom is -0.497 e. The summed E-state index contributed by atoms with van der Waals surface area (Å²) < 4.78 is 13.0. The van der Waals surface area contributed by atoms with E-state index >= 15 is 0 Å². The van der Waals surface area contributed by atoms with E-state index in [1.807, 2.05) is 54.1 Å². The van der Waals surface area contributed by atoms with Gasteiger partial charge in [0.15, 0.2) is 11.0 Å². The second kappa shape index (κ2) is 9.46. The van der Waals surface area contributed by atoms with Crippen molar-refractivity contribution in [2.24, 2.45) is 7.05 Å². The van der Waals surface area contributed by atoms with Gasteiger partial charge in [-0.25, -0.2) is 0 Å². The Morgan fingerprint density at radius 2 is 1.85 bits per heavy atom. The van der Waals surface area contributed by atoms with Gasteiger partial charge >= 0.3 is 0 Å². The van der Waals surface area contributed by atoms with Crippen LogP contribution < -0.4 is 9.47 Å². The highest BCUT2D eigenvalue weighted by atomic mass is 32.2. The monoisotopic (exact) mass is 383 g/mol. The van der Waals surface area contributed by atoms with Gasteiger partial charge in [-0.2, -0.15) is 0 Å². The van der Waals surface area contributed by atoms with Crippen molar-refractivity contribution in [2.75, 3.05) is 13.7 Å². The van der Waals surface area contributed by atoms with E-state index in [9.17, 15) is 0 Å². The molecule has 3 rings (SSSR count). The highest BCUT2D eigenvalue weighted by Gasteiger charge is 2.11. The quantitative estimate of drug-likeness (QED) is 0.386. The third-order valence-electron chi connectivity index (χ3n) is 4.22. The third kappa shape index (κ3) is 5.04. The molecule has 2 aromatic carbocycles. The summed E-state index contributed by atoms with van der Waals surface area (Å²) in [5.41, 5.74) is 2.22. The zero-order valence-electron chi connectivity index (χ0n) is 16.0. The summed E-state index contributed by atoms with van der Waals surface area (Å²) in [4.78, 5) is 0. The fourth-order valence-corrected chi connectivity index (χ4v) is 3.49. The molecule has 0 aliphatic carbocycles. The maximum Gasteiger partial charge on any atom is 0.191 e. The first-order chi connectivity index (χ1) is 13.2. The van der Waals surface area contributed by atoms with Crippen molar-refractivity contribution in [1.82, 2.24) is 14.8 Å². The summed E-state index contributed by atoms with van der Waals surface area (Å²) in [5, 5.41) is 9.60. The molecule has 0 atom stereocenters. The van der Waals surface area contributed by atoms with Crippen LogP contribution in [0.1, 0.15) is 25.3 Å². The molecule has 1 aromatic heterocycles. The standard InChI is InChI=1S/C21H25N3O2S/c1-4-5-13-26-18-11-9-17(10-12-18)20-22-23-21(24(20)2)27-15-16-7-6-8-19(14-16)25-3/h6-12,14H,4-5,13,15H2,1-3H3. The number of ether oxygens (including phenoxy) is 2. The highest BCUT2D eigenvalue weighted by molar-refractivity contribution is 7.98. The van der Waals surface area contributed by atoms with Gasteiger partial charge in [-0.3, -0.25) is 0 Å². The third-order valence-corrected chi connectivity index (χ3v) is 5.31. The molecule has 0 N–H and O–H groups in total. The maximum absolute atomic E-state index is 5.72. The molecule has 0 saturated carbocycles. The van der Waals surface area contributed by atoms with E-state index in [1.54, 1.807) is 18.9 Å². The van der Waals surface area contributed by atoms with Crippen LogP contribution in [-0.4, -0.2) is 28.5 Å². The topological polar surface area (TPSA) is 49.2 Å². The molecular weight excluding hydrogens is 358 g/mol. The Morgan fingerprint density at radius 1 is 1.04 bits per heavy atom. The average molecular weight is 384 g/mol. The lowest BCUT2D eigenvalue weighted by atomic mass is 10.2. The lowest BCUT2D eigenvalue weighted by molar-refractivity contribution is 0.309. The Balaban J connectivity index is 1.65. The van der Waals surface area contributed by atoms with Gasteiger partial charge < -0.3 is 14.0 Å². The van der Waals surface area contributed by atoms with E-state index in [4.69, 9.17) is 9.47 Å². The molecule has 3 aromatic rings. The van der Waals surface area contributed by atoms with Crippen molar-refractivity contribution in [1.29, 1.82) is 0 Å². The number of benzene rings is 2. The summed E-state index contributed by atoms with van der Waals surface area (Å²) in [5.74, 6) is 3.42. The number of thioether (sulfide) groups is 1. The van der Waals surface area contributed by atoms with Gasteiger partial charge in [-0.15, -0.1) is 10.2 Å². The van der Waals surface area contributed by atoms with Gasteiger partial charge in [0.25, 0.3) is 0 Å². The van der Waals surface area contributed by atoms with Crippen LogP contribution in [0.5, 0.6) is 11.5 Å². The zero-order valence-corrected chi connectivity index (χ0v) is 16.8. The Morgan fingerprint density at radius 3 is 2.59 bits per heavy atom. The molecule has 0 bridgehead atoms. The molecule has 6 heteroatoms. The van der Waals surface area contributed by atoms with Gasteiger partial charge in [0, 0.05) is 18.4 Å². The van der Waals surface area contributed by atoms with Crippen molar-refractivity contribution >= 4 is 11.8 Å². The van der Waals surface area contributed by atoms with Gasteiger partial charge in [0.1, 0.15) is 11.5 Å². The Kier molecular flexibility index (Phi) is 6.76. The summed E-state index contributed by atoms with van der Waals surface area (Å²) in [6.45, 7) is 2.91. The van der Waals surface area contributed by atoms with Gasteiger partial charge in [-0.05, 0) is 48.4 Å². The van der Waals surface area contributed by atoms with E-state index in [0.717, 1.165) is 53.2 Å². The Bertz CT molecular complexity index is 862. The first-order valence-electron chi connectivity index (χ1n) is 9.09. The normalized spacial score (nSPS) is 10.8. The lowest BCUT2D eigenvalue weighted by Gasteiger charge is -2.07. The number of rotatable bonds is 9. The maximum atomic E-state index is 5.72. The fraction of sp³-hybridized carbons (Fsp3) is 0.333. The van der Waals surface area contributed by atoms with E-state index in [0.29, 0.717) is 0 Å². The molecular formula is C21H25N3O2S.